The molecule has 0 amide bonds. The summed E-state index contributed by atoms with van der Waals surface area (Å²) in [5.74, 6) is 0. The highest BCUT2D eigenvalue weighted by Gasteiger charge is 1.90. The average molecular weight is 117 g/mol. The fourth-order valence-corrected chi connectivity index (χ4v) is 0.479. The van der Waals surface area contributed by atoms with Gasteiger partial charge < -0.3 is 0 Å². The van der Waals surface area contributed by atoms with Crippen LogP contribution in [0.3, 0.4) is 0 Å². The molecule has 0 radical (unpaired) electrons. The standard InChI is InChI=1S/C5H9OS/c1-3-5(4-2)7-6/h1,3-4H2,2H3/q+1. The molecule has 0 fully saturated rings. The second-order valence-corrected chi connectivity index (χ2v) is 1.97. The van der Waals surface area contributed by atoms with E-state index in [-0.39, 0.29) is 0 Å². The molecule has 0 aliphatic carbocycles. The molecule has 2 heteroatoms. The van der Waals surface area contributed by atoms with Crippen molar-refractivity contribution in [2.75, 3.05) is 0 Å². The highest BCUT2D eigenvalue weighted by Crippen LogP contribution is 1.84. The minimum Gasteiger partial charge on any atom is -0.212 e. The van der Waals surface area contributed by atoms with Crippen molar-refractivity contribution in [1.82, 2.24) is 0 Å². The molecule has 0 N–H and O–H groups in total. The molecule has 0 spiro atoms. The van der Waals surface area contributed by atoms with Crippen LogP contribution in [0.15, 0.2) is 0 Å². The fraction of sp³-hybridized carbons (Fsp3) is 0.600. The largest absolute Gasteiger partial charge is 0.212 e. The van der Waals surface area contributed by atoms with Gasteiger partial charge in [-0.05, 0) is 6.42 Å². The predicted molar refractivity (Wildman–Crippen MR) is 33.4 cm³/mol. The molecule has 0 unspecified atom stereocenters. The maximum Gasteiger partial charge on any atom is 0.118 e. The first-order chi connectivity index (χ1) is 3.35. The summed E-state index contributed by atoms with van der Waals surface area (Å²) in [6.07, 6.45) is 1.53. The van der Waals surface area contributed by atoms with E-state index in [4.69, 9.17) is 0 Å². The molecular formula is C5H9OS+. The Balaban J connectivity index is 3.61. The molecule has 0 saturated heterocycles. The van der Waals surface area contributed by atoms with Crippen LogP contribution in [0.1, 0.15) is 19.8 Å². The Morgan fingerprint density at radius 3 is 2.43 bits per heavy atom. The van der Waals surface area contributed by atoms with Crippen LogP contribution in [0.5, 0.6) is 0 Å². The summed E-state index contributed by atoms with van der Waals surface area (Å²) in [5.41, 5.74) is 0. The van der Waals surface area contributed by atoms with Crippen molar-refractivity contribution in [3.63, 3.8) is 0 Å². The quantitative estimate of drug-likeness (QED) is 0.389. The van der Waals surface area contributed by atoms with Crippen LogP contribution in [0.4, 0.5) is 0 Å². The summed E-state index contributed by atoms with van der Waals surface area (Å²) in [6, 6.07) is 0. The first kappa shape index (κ1) is 6.76. The van der Waals surface area contributed by atoms with Crippen LogP contribution >= 0.6 is 0 Å². The maximum absolute atomic E-state index is 9.93. The van der Waals surface area contributed by atoms with Gasteiger partial charge in [0.1, 0.15) is 6.42 Å². The molecule has 0 aliphatic rings. The summed E-state index contributed by atoms with van der Waals surface area (Å²) in [5, 5.41) is 0. The fourth-order valence-electron chi connectivity index (χ4n) is 0.277. The van der Waals surface area contributed by atoms with Gasteiger partial charge >= 0.3 is 0 Å². The molecule has 0 aliphatic heterocycles. The van der Waals surface area contributed by atoms with Gasteiger partial charge in [0.2, 0.25) is 0 Å². The van der Waals surface area contributed by atoms with E-state index in [1.807, 2.05) is 6.92 Å². The summed E-state index contributed by atoms with van der Waals surface area (Å²) in [7, 11) is 0. The molecule has 0 rings (SSSR count). The van der Waals surface area contributed by atoms with E-state index < -0.39 is 0 Å². The Hall–Kier alpha value is -0.240. The van der Waals surface area contributed by atoms with E-state index in [0.717, 1.165) is 11.3 Å². The Labute approximate surface area is 47.8 Å². The monoisotopic (exact) mass is 117 g/mol. The Morgan fingerprint density at radius 1 is 1.86 bits per heavy atom. The Bertz CT molecular complexity index is 86.3. The van der Waals surface area contributed by atoms with Gasteiger partial charge in [-0.15, -0.1) is 0 Å². The molecule has 0 aromatic rings. The van der Waals surface area contributed by atoms with Gasteiger partial charge in [0, 0.05) is 0 Å². The van der Waals surface area contributed by atoms with Crippen LogP contribution in [-0.4, -0.2) is 9.07 Å². The van der Waals surface area contributed by atoms with Crippen molar-refractivity contribution < 1.29 is 4.21 Å². The molecule has 0 bridgehead atoms. The first-order valence-electron chi connectivity index (χ1n) is 2.29. The number of hydrogen-bond acceptors (Lipinski definition) is 1. The van der Waals surface area contributed by atoms with Crippen LogP contribution in [0.2, 0.25) is 0 Å². The maximum atomic E-state index is 9.93. The van der Waals surface area contributed by atoms with Gasteiger partial charge in [0.05, 0.1) is 23.0 Å². The topological polar surface area (TPSA) is 17.1 Å². The van der Waals surface area contributed by atoms with Gasteiger partial charge in [-0.25, -0.2) is 4.21 Å². The molecule has 0 saturated carbocycles. The van der Waals surface area contributed by atoms with Gasteiger partial charge in [0.15, 0.2) is 0 Å². The van der Waals surface area contributed by atoms with Crippen LogP contribution in [0, 0.1) is 6.92 Å². The van der Waals surface area contributed by atoms with E-state index in [2.05, 4.69) is 6.92 Å². The van der Waals surface area contributed by atoms with Crippen LogP contribution in [0.25, 0.3) is 0 Å². The van der Waals surface area contributed by atoms with Gasteiger partial charge in [-0.2, -0.15) is 0 Å². The lowest BCUT2D eigenvalue weighted by molar-refractivity contribution is 0.700. The highest BCUT2D eigenvalue weighted by atomic mass is 32.1. The van der Waals surface area contributed by atoms with Crippen molar-refractivity contribution >= 4 is 16.1 Å². The summed E-state index contributed by atoms with van der Waals surface area (Å²) in [4.78, 5) is 0.931. The van der Waals surface area contributed by atoms with Gasteiger partial charge in [-0.1, -0.05) is 6.92 Å². The lowest BCUT2D eigenvalue weighted by atomic mass is 10.3. The molecule has 40 valence electrons. The summed E-state index contributed by atoms with van der Waals surface area (Å²) in [6.45, 7) is 5.53. The van der Waals surface area contributed by atoms with Crippen molar-refractivity contribution in [3.8, 4) is 0 Å². The van der Waals surface area contributed by atoms with E-state index in [1.165, 1.54) is 0 Å². The Morgan fingerprint density at radius 2 is 2.43 bits per heavy atom. The minimum absolute atomic E-state index is 0.574. The average Bonchev–Trinajstić information content (AvgIpc) is 1.72. The third-order valence-electron chi connectivity index (χ3n) is 0.791. The zero-order chi connectivity index (χ0) is 5.70. The smallest absolute Gasteiger partial charge is 0.118 e. The minimum atomic E-state index is 0.574. The lowest BCUT2D eigenvalue weighted by Crippen LogP contribution is -1.89. The van der Waals surface area contributed by atoms with Crippen molar-refractivity contribution in [3.05, 3.63) is 6.92 Å². The van der Waals surface area contributed by atoms with E-state index >= 15 is 0 Å². The number of hydrogen-bond donors (Lipinski definition) is 0. The molecule has 0 atom stereocenters. The van der Waals surface area contributed by atoms with Crippen molar-refractivity contribution in [2.24, 2.45) is 0 Å². The molecular weight excluding hydrogens is 108 g/mol. The van der Waals surface area contributed by atoms with E-state index in [0.29, 0.717) is 17.7 Å². The van der Waals surface area contributed by atoms with E-state index in [9.17, 15) is 4.21 Å². The normalized spacial score (nSPS) is 8.14. The SMILES string of the molecule is [CH2+]CC(CC)=S=O. The molecule has 0 heterocycles. The predicted octanol–water partition coefficient (Wildman–Crippen LogP) is 1.01. The highest BCUT2D eigenvalue weighted by molar-refractivity contribution is 7.66. The third-order valence-corrected chi connectivity index (χ3v) is 1.52. The third kappa shape index (κ3) is 2.45. The lowest BCUT2D eigenvalue weighted by Gasteiger charge is -1.80. The summed E-state index contributed by atoms with van der Waals surface area (Å²) >= 11 is 0.574. The zero-order valence-corrected chi connectivity index (χ0v) is 5.25. The second kappa shape index (κ2) is 3.93. The molecule has 1 nitrogen and oxygen atoms in total. The second-order valence-electron chi connectivity index (χ2n) is 1.23. The zero-order valence-electron chi connectivity index (χ0n) is 4.44. The molecule has 0 aromatic heterocycles. The van der Waals surface area contributed by atoms with Crippen molar-refractivity contribution in [2.45, 2.75) is 19.8 Å². The Kier molecular flexibility index (Phi) is 3.80. The van der Waals surface area contributed by atoms with Crippen LogP contribution in [-0.2, 0) is 11.3 Å². The summed E-state index contributed by atoms with van der Waals surface area (Å²) < 4.78 is 9.93. The van der Waals surface area contributed by atoms with Crippen molar-refractivity contribution in [1.29, 1.82) is 0 Å². The van der Waals surface area contributed by atoms with Crippen LogP contribution < -0.4 is 0 Å². The first-order valence-corrected chi connectivity index (χ1v) is 3.03. The molecule has 0 aromatic carbocycles. The van der Waals surface area contributed by atoms with E-state index in [1.54, 1.807) is 0 Å². The van der Waals surface area contributed by atoms with Gasteiger partial charge in [0.25, 0.3) is 0 Å². The number of rotatable bonds is 2. The molecule has 7 heavy (non-hydrogen) atoms. The van der Waals surface area contributed by atoms with Gasteiger partial charge in [-0.3, -0.25) is 0 Å².